The number of carbonyl (C=O) groups is 1. The van der Waals surface area contributed by atoms with Crippen molar-refractivity contribution < 1.29 is 9.90 Å². The molecule has 0 spiro atoms. The molecule has 2 aromatic carbocycles. The van der Waals surface area contributed by atoms with Gasteiger partial charge in [-0.1, -0.05) is 11.6 Å². The number of nitriles is 1. The second-order valence-corrected chi connectivity index (χ2v) is 7.81. The van der Waals surface area contributed by atoms with Crippen molar-refractivity contribution in [2.45, 2.75) is 18.2 Å². The van der Waals surface area contributed by atoms with Crippen LogP contribution in [0, 0.1) is 18.3 Å². The van der Waals surface area contributed by atoms with Crippen LogP contribution in [-0.2, 0) is 0 Å². The minimum absolute atomic E-state index is 0.117. The zero-order valence-corrected chi connectivity index (χ0v) is 17.3. The second kappa shape index (κ2) is 9.61. The monoisotopic (exact) mass is 426 g/mol. The first-order valence-electron chi connectivity index (χ1n) is 8.93. The number of benzene rings is 2. The molecule has 0 saturated carbocycles. The lowest BCUT2D eigenvalue weighted by molar-refractivity contribution is 0.102. The molecule has 29 heavy (non-hydrogen) atoms. The molecule has 8 heteroatoms. The van der Waals surface area contributed by atoms with Crippen LogP contribution >= 0.6 is 23.4 Å². The highest BCUT2D eigenvalue weighted by Gasteiger charge is 2.16. The largest absolute Gasteiger partial charge is 0.396 e. The summed E-state index contributed by atoms with van der Waals surface area (Å²) in [5.74, 6) is 0.423. The molecule has 0 bridgehead atoms. The van der Waals surface area contributed by atoms with Gasteiger partial charge in [0.2, 0.25) is 0 Å². The quantitative estimate of drug-likeness (QED) is 0.430. The van der Waals surface area contributed by atoms with Gasteiger partial charge in [-0.25, -0.2) is 4.68 Å². The Labute approximate surface area is 178 Å². The number of hydrogen-bond acceptors (Lipinski definition) is 5. The first kappa shape index (κ1) is 20.9. The van der Waals surface area contributed by atoms with E-state index in [2.05, 4.69) is 16.5 Å². The molecule has 0 fully saturated rings. The van der Waals surface area contributed by atoms with E-state index in [0.29, 0.717) is 34.0 Å². The molecule has 6 nitrogen and oxygen atoms in total. The van der Waals surface area contributed by atoms with E-state index in [9.17, 15) is 10.1 Å². The summed E-state index contributed by atoms with van der Waals surface area (Å²) in [6.07, 6.45) is 2.18. The fourth-order valence-corrected chi connectivity index (χ4v) is 3.78. The summed E-state index contributed by atoms with van der Waals surface area (Å²) in [6, 6.07) is 14.6. The predicted molar refractivity (Wildman–Crippen MR) is 115 cm³/mol. The average molecular weight is 427 g/mol. The Kier molecular flexibility index (Phi) is 6.94. The molecular weight excluding hydrogens is 408 g/mol. The van der Waals surface area contributed by atoms with E-state index in [4.69, 9.17) is 16.7 Å². The predicted octanol–water partition coefficient (Wildman–Crippen LogP) is 4.43. The number of aromatic nitrogens is 2. The SMILES string of the molecule is Cc1c(C(=O)Nc2ccc(SCCCO)c(C#N)c2)cnn1-c1ccc(Cl)cc1. The fraction of sp³-hybridized carbons (Fsp3) is 0.190. The van der Waals surface area contributed by atoms with Crippen molar-refractivity contribution in [3.8, 4) is 11.8 Å². The van der Waals surface area contributed by atoms with Gasteiger partial charge < -0.3 is 10.4 Å². The van der Waals surface area contributed by atoms with Gasteiger partial charge in [0.15, 0.2) is 0 Å². The number of nitrogens with one attached hydrogen (secondary N) is 1. The lowest BCUT2D eigenvalue weighted by Crippen LogP contribution is -2.13. The van der Waals surface area contributed by atoms with Crippen molar-refractivity contribution in [3.63, 3.8) is 0 Å². The topological polar surface area (TPSA) is 90.9 Å². The van der Waals surface area contributed by atoms with E-state index in [1.165, 1.54) is 18.0 Å². The van der Waals surface area contributed by atoms with Gasteiger partial charge in [0.1, 0.15) is 6.07 Å². The van der Waals surface area contributed by atoms with Crippen LogP contribution in [0.2, 0.25) is 5.02 Å². The molecule has 3 aromatic rings. The molecule has 0 unspecified atom stereocenters. The Morgan fingerprint density at radius 3 is 2.76 bits per heavy atom. The number of rotatable bonds is 7. The molecule has 0 atom stereocenters. The van der Waals surface area contributed by atoms with Crippen LogP contribution in [0.5, 0.6) is 0 Å². The van der Waals surface area contributed by atoms with Crippen LogP contribution in [-0.4, -0.2) is 33.2 Å². The first-order valence-corrected chi connectivity index (χ1v) is 10.3. The van der Waals surface area contributed by atoms with Gasteiger partial charge in [-0.05, 0) is 55.8 Å². The summed E-state index contributed by atoms with van der Waals surface area (Å²) in [4.78, 5) is 13.6. The van der Waals surface area contributed by atoms with Gasteiger partial charge in [-0.2, -0.15) is 10.4 Å². The molecule has 0 aliphatic rings. The highest BCUT2D eigenvalue weighted by Crippen LogP contribution is 2.26. The number of nitrogens with zero attached hydrogens (tertiary/aromatic N) is 3. The smallest absolute Gasteiger partial charge is 0.259 e. The van der Waals surface area contributed by atoms with E-state index in [-0.39, 0.29) is 12.5 Å². The standard InChI is InChI=1S/C21H19ClN4O2S/c1-14-19(13-24-26(14)18-6-3-16(22)4-7-18)21(28)25-17-5-8-20(15(11-17)12-23)29-10-2-9-27/h3-8,11,13,27H,2,9-10H2,1H3,(H,25,28). The molecule has 0 aliphatic heterocycles. The van der Waals surface area contributed by atoms with Crippen LogP contribution in [0.15, 0.2) is 53.6 Å². The second-order valence-electron chi connectivity index (χ2n) is 6.23. The molecule has 0 saturated heterocycles. The third-order valence-electron chi connectivity index (χ3n) is 4.24. The summed E-state index contributed by atoms with van der Waals surface area (Å²) in [7, 11) is 0. The Morgan fingerprint density at radius 1 is 1.31 bits per heavy atom. The molecule has 0 aliphatic carbocycles. The summed E-state index contributed by atoms with van der Waals surface area (Å²) in [5.41, 5.74) is 2.97. The van der Waals surface area contributed by atoms with Gasteiger partial charge >= 0.3 is 0 Å². The number of halogens is 1. The molecule has 1 aromatic heterocycles. The van der Waals surface area contributed by atoms with Crippen LogP contribution in [0.4, 0.5) is 5.69 Å². The Bertz CT molecular complexity index is 1060. The summed E-state index contributed by atoms with van der Waals surface area (Å²) >= 11 is 7.43. The van der Waals surface area contributed by atoms with Crippen molar-refractivity contribution in [2.75, 3.05) is 17.7 Å². The summed E-state index contributed by atoms with van der Waals surface area (Å²) in [6.45, 7) is 1.93. The number of amides is 1. The van der Waals surface area contributed by atoms with Gasteiger partial charge in [0.25, 0.3) is 5.91 Å². The minimum Gasteiger partial charge on any atom is -0.396 e. The normalized spacial score (nSPS) is 10.6. The molecule has 0 radical (unpaired) electrons. The van der Waals surface area contributed by atoms with Crippen LogP contribution in [0.1, 0.15) is 28.0 Å². The maximum Gasteiger partial charge on any atom is 0.259 e. The highest BCUT2D eigenvalue weighted by molar-refractivity contribution is 7.99. The van der Waals surface area contributed by atoms with Crippen molar-refractivity contribution in [1.29, 1.82) is 5.26 Å². The maximum absolute atomic E-state index is 12.7. The molecule has 2 N–H and O–H groups in total. The van der Waals surface area contributed by atoms with Crippen LogP contribution in [0.3, 0.4) is 0 Å². The van der Waals surface area contributed by atoms with E-state index in [1.807, 2.05) is 19.1 Å². The molecule has 1 heterocycles. The Hall–Kier alpha value is -2.79. The number of hydrogen-bond donors (Lipinski definition) is 2. The molecule has 148 valence electrons. The van der Waals surface area contributed by atoms with Gasteiger partial charge in [-0.3, -0.25) is 4.79 Å². The number of aliphatic hydroxyl groups is 1. The zero-order chi connectivity index (χ0) is 20.8. The Morgan fingerprint density at radius 2 is 2.07 bits per heavy atom. The number of anilines is 1. The third kappa shape index (κ3) is 4.98. The summed E-state index contributed by atoms with van der Waals surface area (Å²) in [5, 5.41) is 26.0. The van der Waals surface area contributed by atoms with Crippen molar-refractivity contribution in [2.24, 2.45) is 0 Å². The zero-order valence-electron chi connectivity index (χ0n) is 15.7. The van der Waals surface area contributed by atoms with E-state index >= 15 is 0 Å². The van der Waals surface area contributed by atoms with Gasteiger partial charge in [0, 0.05) is 28.0 Å². The number of aliphatic hydroxyl groups excluding tert-OH is 1. The molecular formula is C21H19ClN4O2S. The molecule has 1 amide bonds. The number of carbonyl (C=O) groups excluding carboxylic acids is 1. The average Bonchev–Trinajstić information content (AvgIpc) is 3.11. The summed E-state index contributed by atoms with van der Waals surface area (Å²) < 4.78 is 1.67. The van der Waals surface area contributed by atoms with E-state index in [1.54, 1.807) is 35.0 Å². The van der Waals surface area contributed by atoms with Gasteiger partial charge in [-0.15, -0.1) is 11.8 Å². The number of thioether (sulfide) groups is 1. The lowest BCUT2D eigenvalue weighted by Gasteiger charge is -2.09. The Balaban J connectivity index is 1.77. The van der Waals surface area contributed by atoms with Crippen LogP contribution in [0.25, 0.3) is 5.69 Å². The van der Waals surface area contributed by atoms with Gasteiger partial charge in [0.05, 0.1) is 28.7 Å². The maximum atomic E-state index is 12.7. The minimum atomic E-state index is -0.299. The lowest BCUT2D eigenvalue weighted by atomic mass is 10.2. The molecule has 3 rings (SSSR count). The highest BCUT2D eigenvalue weighted by atomic mass is 35.5. The fourth-order valence-electron chi connectivity index (χ4n) is 2.74. The van der Waals surface area contributed by atoms with Crippen molar-refractivity contribution in [1.82, 2.24) is 9.78 Å². The van der Waals surface area contributed by atoms with Crippen molar-refractivity contribution in [3.05, 3.63) is 70.5 Å². The van der Waals surface area contributed by atoms with E-state index in [0.717, 1.165) is 16.3 Å². The third-order valence-corrected chi connectivity index (χ3v) is 5.66. The first-order chi connectivity index (χ1) is 14.0. The van der Waals surface area contributed by atoms with Crippen LogP contribution < -0.4 is 5.32 Å². The van der Waals surface area contributed by atoms with Crippen molar-refractivity contribution >= 4 is 35.0 Å². The van der Waals surface area contributed by atoms with E-state index < -0.39 is 0 Å².